The van der Waals surface area contributed by atoms with E-state index < -0.39 is 12.1 Å². The fourth-order valence-electron chi connectivity index (χ4n) is 3.43. The Labute approximate surface area is 177 Å². The number of carboxylic acid groups (broad SMARTS) is 1. The van der Waals surface area contributed by atoms with Crippen molar-refractivity contribution in [1.82, 2.24) is 20.0 Å². The lowest BCUT2D eigenvalue weighted by molar-refractivity contribution is -0.192. The Bertz CT molecular complexity index is 929. The summed E-state index contributed by atoms with van der Waals surface area (Å²) in [5, 5.41) is 24.9. The molecule has 1 aromatic carbocycles. The number of phenols is 1. The molecule has 170 valence electrons. The number of likely N-dealkylation sites (tertiary alicyclic amines) is 1. The summed E-state index contributed by atoms with van der Waals surface area (Å²) >= 11 is 0. The van der Waals surface area contributed by atoms with E-state index in [0.29, 0.717) is 18.7 Å². The molecule has 0 unspecified atom stereocenters. The number of carbonyl (C=O) groups excluding carboxylic acids is 1. The number of piperidine rings is 1. The van der Waals surface area contributed by atoms with Crippen LogP contribution in [0.4, 0.5) is 13.2 Å². The van der Waals surface area contributed by atoms with Crippen LogP contribution in [0.5, 0.6) is 5.75 Å². The monoisotopic (exact) mass is 442 g/mol. The summed E-state index contributed by atoms with van der Waals surface area (Å²) in [5.41, 5.74) is 3.00. The molecule has 1 fully saturated rings. The molecule has 0 spiro atoms. The van der Waals surface area contributed by atoms with Crippen molar-refractivity contribution in [2.45, 2.75) is 44.6 Å². The minimum atomic E-state index is -5.08. The van der Waals surface area contributed by atoms with E-state index in [9.17, 15) is 23.1 Å². The van der Waals surface area contributed by atoms with Crippen LogP contribution >= 0.6 is 0 Å². The molecular weight excluding hydrogens is 417 g/mol. The van der Waals surface area contributed by atoms with Crippen molar-refractivity contribution in [1.29, 1.82) is 0 Å². The molecule has 3 N–H and O–H groups in total. The lowest BCUT2D eigenvalue weighted by atomic mass is 9.93. The van der Waals surface area contributed by atoms with Crippen molar-refractivity contribution in [3.63, 3.8) is 0 Å². The van der Waals surface area contributed by atoms with E-state index in [0.717, 1.165) is 23.2 Å². The number of nitrogens with zero attached hydrogens (tertiary/aromatic N) is 3. The number of phenolic OH excluding ortho intramolecular Hbond substituents is 1. The van der Waals surface area contributed by atoms with Gasteiger partial charge in [0.05, 0.1) is 11.7 Å². The molecule has 0 radical (unpaired) electrons. The van der Waals surface area contributed by atoms with Crippen molar-refractivity contribution < 1.29 is 33.0 Å². The van der Waals surface area contributed by atoms with Crippen LogP contribution in [0.15, 0.2) is 30.5 Å². The number of amides is 1. The molecule has 2 heterocycles. The number of aromatic nitrogens is 2. The second-order valence-corrected chi connectivity index (χ2v) is 7.29. The van der Waals surface area contributed by atoms with Crippen molar-refractivity contribution in [3.8, 4) is 5.75 Å². The predicted octanol–water partition coefficient (Wildman–Crippen LogP) is 2.52. The van der Waals surface area contributed by atoms with Crippen LogP contribution in [0, 0.1) is 6.92 Å². The van der Waals surface area contributed by atoms with Gasteiger partial charge in [-0.1, -0.05) is 17.7 Å². The summed E-state index contributed by atoms with van der Waals surface area (Å²) in [6.07, 6.45) is -2.03. The molecule has 3 rings (SSSR count). The number of alkyl halides is 3. The third kappa shape index (κ3) is 6.20. The van der Waals surface area contributed by atoms with Crippen LogP contribution in [0.25, 0.3) is 0 Å². The molecular formula is C20H25F3N4O4. The highest BCUT2D eigenvalue weighted by atomic mass is 19.4. The second kappa shape index (κ2) is 9.82. The Kier molecular flexibility index (Phi) is 7.66. The van der Waals surface area contributed by atoms with Gasteiger partial charge in [0.25, 0.3) is 0 Å². The van der Waals surface area contributed by atoms with E-state index in [1.165, 1.54) is 0 Å². The van der Waals surface area contributed by atoms with Gasteiger partial charge in [0.2, 0.25) is 5.91 Å². The Balaban J connectivity index is 0.000000423. The first kappa shape index (κ1) is 24.2. The average molecular weight is 442 g/mol. The number of nitrogens with one attached hydrogen (secondary N) is 1. The highest BCUT2D eigenvalue weighted by molar-refractivity contribution is 5.77. The lowest BCUT2D eigenvalue weighted by Crippen LogP contribution is -2.49. The Morgan fingerprint density at radius 1 is 1.29 bits per heavy atom. The third-order valence-electron chi connectivity index (χ3n) is 5.06. The van der Waals surface area contributed by atoms with Crippen molar-refractivity contribution in [3.05, 3.63) is 47.3 Å². The number of hydrogen-bond acceptors (Lipinski definition) is 5. The highest BCUT2D eigenvalue weighted by Crippen LogP contribution is 2.31. The normalized spacial score (nSPS) is 19.0. The predicted molar refractivity (Wildman–Crippen MR) is 105 cm³/mol. The Hall–Kier alpha value is -3.08. The van der Waals surface area contributed by atoms with Crippen LogP contribution in [-0.4, -0.2) is 56.0 Å². The minimum absolute atomic E-state index is 0.0642. The largest absolute Gasteiger partial charge is 0.508 e. The van der Waals surface area contributed by atoms with Crippen LogP contribution in [0.3, 0.4) is 0 Å². The fourth-order valence-corrected chi connectivity index (χ4v) is 3.43. The zero-order valence-corrected chi connectivity index (χ0v) is 17.3. The standard InChI is InChI=1S/C18H24N4O2.C2HF3O2/c1-12-4-6-16(23)13(10-12)11-19-14-5-7-17(24)21(2)18(14)15-8-9-20-22(15)3;3-2(4,5)1(6)7/h4,6,8-10,14,18-19,23H,5,7,11H2,1-3H3;(H,6,7)/t14-,18-;/m0./s1. The van der Waals surface area contributed by atoms with Gasteiger partial charge < -0.3 is 20.4 Å². The summed E-state index contributed by atoms with van der Waals surface area (Å²) in [7, 11) is 3.74. The molecule has 1 aliphatic rings. The average Bonchev–Trinajstić information content (AvgIpc) is 3.10. The van der Waals surface area contributed by atoms with E-state index in [-0.39, 0.29) is 18.0 Å². The summed E-state index contributed by atoms with van der Waals surface area (Å²) in [6.45, 7) is 2.57. The van der Waals surface area contributed by atoms with Crippen molar-refractivity contribution in [2.24, 2.45) is 7.05 Å². The van der Waals surface area contributed by atoms with E-state index in [1.54, 1.807) is 17.2 Å². The number of hydrogen-bond donors (Lipinski definition) is 3. The zero-order chi connectivity index (χ0) is 23.3. The SMILES string of the molecule is Cc1ccc(O)c(CN[C@H]2CCC(=O)N(C)[C@@H]2c2ccnn2C)c1.O=C(O)C(F)(F)F. The number of carbonyl (C=O) groups is 2. The first-order valence-electron chi connectivity index (χ1n) is 9.47. The molecule has 11 heteroatoms. The smallest absolute Gasteiger partial charge is 0.490 e. The maximum atomic E-state index is 12.2. The van der Waals surface area contributed by atoms with Gasteiger partial charge in [0.15, 0.2) is 0 Å². The maximum Gasteiger partial charge on any atom is 0.490 e. The lowest BCUT2D eigenvalue weighted by Gasteiger charge is -2.39. The number of benzene rings is 1. The summed E-state index contributed by atoms with van der Waals surface area (Å²) in [6, 6.07) is 7.61. The number of carboxylic acids is 1. The molecule has 8 nitrogen and oxygen atoms in total. The number of aryl methyl sites for hydroxylation is 2. The third-order valence-corrected chi connectivity index (χ3v) is 5.06. The van der Waals surface area contributed by atoms with E-state index in [2.05, 4.69) is 10.4 Å². The van der Waals surface area contributed by atoms with Gasteiger partial charge in [0, 0.05) is 44.9 Å². The topological polar surface area (TPSA) is 108 Å². The van der Waals surface area contributed by atoms with Crippen molar-refractivity contribution in [2.75, 3.05) is 7.05 Å². The summed E-state index contributed by atoms with van der Waals surface area (Å²) in [5.74, 6) is -2.31. The van der Waals surface area contributed by atoms with Gasteiger partial charge >= 0.3 is 12.1 Å². The van der Waals surface area contributed by atoms with Gasteiger partial charge in [-0.25, -0.2) is 4.79 Å². The molecule has 2 aromatic rings. The number of rotatable bonds is 4. The zero-order valence-electron chi connectivity index (χ0n) is 17.3. The number of aromatic hydroxyl groups is 1. The molecule has 1 aromatic heterocycles. The van der Waals surface area contributed by atoms with Gasteiger partial charge in [0.1, 0.15) is 5.75 Å². The number of likely N-dealkylation sites (N-methyl/N-ethyl adjacent to an activating group) is 1. The first-order chi connectivity index (χ1) is 14.4. The van der Waals surface area contributed by atoms with Crippen LogP contribution in [0.1, 0.15) is 35.7 Å². The summed E-state index contributed by atoms with van der Waals surface area (Å²) in [4.78, 5) is 22.9. The van der Waals surface area contributed by atoms with Crippen LogP contribution < -0.4 is 5.32 Å². The van der Waals surface area contributed by atoms with E-state index >= 15 is 0 Å². The first-order valence-corrected chi connectivity index (χ1v) is 9.47. The van der Waals surface area contributed by atoms with Crippen LogP contribution in [0.2, 0.25) is 0 Å². The highest BCUT2D eigenvalue weighted by Gasteiger charge is 2.38. The number of halogens is 3. The Morgan fingerprint density at radius 3 is 2.48 bits per heavy atom. The minimum Gasteiger partial charge on any atom is -0.508 e. The van der Waals surface area contributed by atoms with Gasteiger partial charge in [-0.15, -0.1) is 0 Å². The van der Waals surface area contributed by atoms with E-state index in [4.69, 9.17) is 9.90 Å². The molecule has 1 amide bonds. The molecule has 1 aliphatic heterocycles. The molecule has 0 bridgehead atoms. The fraction of sp³-hybridized carbons (Fsp3) is 0.450. The van der Waals surface area contributed by atoms with Crippen LogP contribution in [-0.2, 0) is 23.2 Å². The number of aliphatic carboxylic acids is 1. The molecule has 2 atom stereocenters. The van der Waals surface area contributed by atoms with Gasteiger partial charge in [-0.3, -0.25) is 9.48 Å². The quantitative estimate of drug-likeness (QED) is 0.672. The van der Waals surface area contributed by atoms with E-state index in [1.807, 2.05) is 43.9 Å². The molecule has 1 saturated heterocycles. The van der Waals surface area contributed by atoms with Gasteiger partial charge in [-0.2, -0.15) is 18.3 Å². The van der Waals surface area contributed by atoms with Crippen molar-refractivity contribution >= 4 is 11.9 Å². The maximum absolute atomic E-state index is 12.2. The summed E-state index contributed by atoms with van der Waals surface area (Å²) < 4.78 is 33.6. The van der Waals surface area contributed by atoms with Gasteiger partial charge in [-0.05, 0) is 25.5 Å². The second-order valence-electron chi connectivity index (χ2n) is 7.29. The molecule has 31 heavy (non-hydrogen) atoms. The Morgan fingerprint density at radius 2 is 1.94 bits per heavy atom. The molecule has 0 aliphatic carbocycles. The molecule has 0 saturated carbocycles.